The van der Waals surface area contributed by atoms with Crippen LogP contribution in [0, 0.1) is 0 Å². The zero-order valence-corrected chi connectivity index (χ0v) is 18.4. The lowest BCUT2D eigenvalue weighted by Crippen LogP contribution is -2.43. The molecule has 10 heteroatoms. The van der Waals surface area contributed by atoms with Crippen LogP contribution in [0.3, 0.4) is 0 Å². The van der Waals surface area contributed by atoms with E-state index in [0.717, 1.165) is 14.7 Å². The van der Waals surface area contributed by atoms with Gasteiger partial charge in [0.2, 0.25) is 5.78 Å². The van der Waals surface area contributed by atoms with E-state index >= 15 is 0 Å². The molecule has 0 aliphatic carbocycles. The van der Waals surface area contributed by atoms with Crippen molar-refractivity contribution in [3.8, 4) is 11.5 Å². The van der Waals surface area contributed by atoms with Crippen molar-refractivity contribution in [3.05, 3.63) is 86.1 Å². The lowest BCUT2D eigenvalue weighted by Gasteiger charge is -2.15. The fourth-order valence-corrected chi connectivity index (χ4v) is 3.29. The molecule has 0 radical (unpaired) electrons. The number of nitrogens with zero attached hydrogens (tertiary/aromatic N) is 2. The molecule has 0 unspecified atom stereocenters. The van der Waals surface area contributed by atoms with E-state index in [0.29, 0.717) is 5.75 Å². The fraction of sp³-hybridized carbons (Fsp3) is 0.217. The van der Waals surface area contributed by atoms with Crippen LogP contribution in [0.2, 0.25) is 0 Å². The summed E-state index contributed by atoms with van der Waals surface area (Å²) in [5.74, 6) is -1.54. The average Bonchev–Trinajstić information content (AvgIpc) is 2.84. The molecule has 0 aliphatic heterocycles. The number of hydrogen-bond acceptors (Lipinski definition) is 8. The van der Waals surface area contributed by atoms with Gasteiger partial charge in [-0.25, -0.2) is 9.59 Å². The number of esters is 1. The smallest absolute Gasteiger partial charge is 0.342 e. The number of ketones is 1. The van der Waals surface area contributed by atoms with Crippen molar-refractivity contribution >= 4 is 17.6 Å². The number of anilines is 1. The largest absolute Gasteiger partial charge is 0.493 e. The predicted octanol–water partition coefficient (Wildman–Crippen LogP) is 1.23. The van der Waals surface area contributed by atoms with Gasteiger partial charge in [-0.1, -0.05) is 36.4 Å². The number of Topliss-reactive ketones (excluding diaryl/α,β-unsaturated/α-hetero) is 1. The molecule has 0 atom stereocenters. The van der Waals surface area contributed by atoms with Crippen LogP contribution in [0.25, 0.3) is 0 Å². The number of nitrogens with two attached hydrogens (primary N) is 1. The Kier molecular flexibility index (Phi) is 6.97. The molecule has 0 saturated carbocycles. The number of ether oxygens (including phenoxy) is 3. The summed E-state index contributed by atoms with van der Waals surface area (Å²) in [5.41, 5.74) is 4.87. The van der Waals surface area contributed by atoms with E-state index < -0.39 is 35.2 Å². The lowest BCUT2D eigenvalue weighted by molar-refractivity contribution is 0.0470. The second kappa shape index (κ2) is 9.86. The Labute approximate surface area is 188 Å². The highest BCUT2D eigenvalue weighted by Crippen LogP contribution is 2.31. The molecule has 0 saturated heterocycles. The van der Waals surface area contributed by atoms with Crippen molar-refractivity contribution in [2.24, 2.45) is 7.05 Å². The number of carbonyl (C=O) groups is 2. The third kappa shape index (κ3) is 4.64. The molecule has 0 aliphatic rings. The van der Waals surface area contributed by atoms with Crippen molar-refractivity contribution in [2.45, 2.75) is 6.54 Å². The number of benzene rings is 2. The lowest BCUT2D eigenvalue weighted by atomic mass is 10.1. The van der Waals surface area contributed by atoms with Gasteiger partial charge in [-0.05, 0) is 17.7 Å². The molecule has 33 heavy (non-hydrogen) atoms. The van der Waals surface area contributed by atoms with Crippen molar-refractivity contribution in [2.75, 3.05) is 26.6 Å². The Balaban J connectivity index is 1.90. The van der Waals surface area contributed by atoms with Gasteiger partial charge in [0.15, 0.2) is 18.1 Å². The Bertz CT molecular complexity index is 1310. The minimum absolute atomic E-state index is 0.0413. The van der Waals surface area contributed by atoms with E-state index in [1.54, 1.807) is 36.4 Å². The molecule has 0 amide bonds. The van der Waals surface area contributed by atoms with Crippen LogP contribution >= 0.6 is 0 Å². The predicted molar refractivity (Wildman–Crippen MR) is 120 cm³/mol. The first-order chi connectivity index (χ1) is 15.8. The first-order valence-corrected chi connectivity index (χ1v) is 9.84. The van der Waals surface area contributed by atoms with Gasteiger partial charge < -0.3 is 19.9 Å². The van der Waals surface area contributed by atoms with Crippen LogP contribution in [-0.4, -0.2) is 41.7 Å². The third-order valence-electron chi connectivity index (χ3n) is 5.00. The summed E-state index contributed by atoms with van der Waals surface area (Å²) in [4.78, 5) is 50.6. The number of rotatable bonds is 8. The number of carbonyl (C=O) groups excluding carboxylic acids is 2. The summed E-state index contributed by atoms with van der Waals surface area (Å²) in [7, 11) is 4.02. The molecular weight excluding hydrogens is 430 g/mol. The van der Waals surface area contributed by atoms with Crippen LogP contribution in [-0.2, 0) is 18.3 Å². The average molecular weight is 453 g/mol. The molecule has 0 bridgehead atoms. The second-order valence-corrected chi connectivity index (χ2v) is 7.02. The first kappa shape index (κ1) is 23.3. The van der Waals surface area contributed by atoms with Crippen molar-refractivity contribution < 1.29 is 23.8 Å². The van der Waals surface area contributed by atoms with Crippen LogP contribution < -0.4 is 26.5 Å². The van der Waals surface area contributed by atoms with Gasteiger partial charge in [-0.15, -0.1) is 0 Å². The molecular formula is C23H23N3O7. The first-order valence-electron chi connectivity index (χ1n) is 9.84. The number of nitrogen functional groups attached to an aromatic ring is 1. The van der Waals surface area contributed by atoms with Gasteiger partial charge in [0.05, 0.1) is 20.8 Å². The summed E-state index contributed by atoms with van der Waals surface area (Å²) >= 11 is 0. The zero-order chi connectivity index (χ0) is 24.1. The minimum Gasteiger partial charge on any atom is -0.493 e. The molecule has 3 rings (SSSR count). The minimum atomic E-state index is -0.873. The van der Waals surface area contributed by atoms with Crippen molar-refractivity contribution in [1.82, 2.24) is 9.13 Å². The standard InChI is InChI=1S/C23H23N3O7/c1-25-21(28)18(20(24)26(23(25)30)12-14-8-5-4-6-9-14)16(27)13-33-22(29)15-10-7-11-17(31-2)19(15)32-3/h4-11H,12-13,24H2,1-3H3. The van der Waals surface area contributed by atoms with E-state index in [-0.39, 0.29) is 23.7 Å². The molecule has 172 valence electrons. The summed E-state index contributed by atoms with van der Waals surface area (Å²) in [6.45, 7) is -0.705. The maximum Gasteiger partial charge on any atom is 0.342 e. The Morgan fingerprint density at radius 1 is 0.970 bits per heavy atom. The summed E-state index contributed by atoms with van der Waals surface area (Å²) in [6.07, 6.45) is 0. The normalized spacial score (nSPS) is 10.5. The maximum atomic E-state index is 12.8. The molecule has 0 fully saturated rings. The van der Waals surface area contributed by atoms with Crippen LogP contribution in [0.1, 0.15) is 26.3 Å². The van der Waals surface area contributed by atoms with Gasteiger partial charge in [0.1, 0.15) is 16.9 Å². The van der Waals surface area contributed by atoms with Gasteiger partial charge in [-0.2, -0.15) is 0 Å². The fourth-order valence-electron chi connectivity index (χ4n) is 3.29. The number of para-hydroxylation sites is 1. The molecule has 3 aromatic rings. The summed E-state index contributed by atoms with van der Waals surface area (Å²) in [6, 6.07) is 13.6. The van der Waals surface area contributed by atoms with E-state index in [4.69, 9.17) is 19.9 Å². The monoisotopic (exact) mass is 453 g/mol. The van der Waals surface area contributed by atoms with E-state index in [1.807, 2.05) is 6.07 Å². The highest BCUT2D eigenvalue weighted by molar-refractivity contribution is 6.02. The van der Waals surface area contributed by atoms with Crippen molar-refractivity contribution in [1.29, 1.82) is 0 Å². The van der Waals surface area contributed by atoms with Crippen LogP contribution in [0.15, 0.2) is 58.1 Å². The van der Waals surface area contributed by atoms with Crippen LogP contribution in [0.4, 0.5) is 5.82 Å². The second-order valence-electron chi connectivity index (χ2n) is 7.02. The van der Waals surface area contributed by atoms with Gasteiger partial charge >= 0.3 is 11.7 Å². The molecule has 10 nitrogen and oxygen atoms in total. The maximum absolute atomic E-state index is 12.8. The number of aromatic nitrogens is 2. The Morgan fingerprint density at radius 2 is 1.67 bits per heavy atom. The van der Waals surface area contributed by atoms with Crippen molar-refractivity contribution in [3.63, 3.8) is 0 Å². The molecule has 2 N–H and O–H groups in total. The van der Waals surface area contributed by atoms with Gasteiger partial charge in [0, 0.05) is 7.05 Å². The topological polar surface area (TPSA) is 132 Å². The number of hydrogen-bond donors (Lipinski definition) is 1. The van der Waals surface area contributed by atoms with Crippen LogP contribution in [0.5, 0.6) is 11.5 Å². The Hall–Kier alpha value is -4.34. The molecule has 1 heterocycles. The summed E-state index contributed by atoms with van der Waals surface area (Å²) < 4.78 is 17.4. The van der Waals surface area contributed by atoms with E-state index in [2.05, 4.69) is 0 Å². The highest BCUT2D eigenvalue weighted by atomic mass is 16.5. The van der Waals surface area contributed by atoms with E-state index in [9.17, 15) is 19.2 Å². The summed E-state index contributed by atoms with van der Waals surface area (Å²) in [5, 5.41) is 0. The Morgan fingerprint density at radius 3 is 2.30 bits per heavy atom. The molecule has 0 spiro atoms. The van der Waals surface area contributed by atoms with Gasteiger partial charge in [0.25, 0.3) is 5.56 Å². The quantitative estimate of drug-likeness (QED) is 0.398. The third-order valence-corrected chi connectivity index (χ3v) is 5.00. The molecule has 2 aromatic carbocycles. The van der Waals surface area contributed by atoms with E-state index in [1.165, 1.54) is 27.3 Å². The molecule has 1 aromatic heterocycles. The van der Waals surface area contributed by atoms with Gasteiger partial charge in [-0.3, -0.25) is 18.7 Å². The zero-order valence-electron chi connectivity index (χ0n) is 18.4. The number of methoxy groups -OCH3 is 2. The highest BCUT2D eigenvalue weighted by Gasteiger charge is 2.24. The SMILES string of the molecule is COc1cccc(C(=O)OCC(=O)c2c(N)n(Cc3ccccc3)c(=O)n(C)c2=O)c1OC.